The van der Waals surface area contributed by atoms with E-state index in [1.165, 1.54) is 5.56 Å². The van der Waals surface area contributed by atoms with E-state index in [0.717, 1.165) is 18.4 Å². The lowest BCUT2D eigenvalue weighted by Crippen LogP contribution is -2.12. The minimum atomic E-state index is 0.0798. The summed E-state index contributed by atoms with van der Waals surface area (Å²) in [5.41, 5.74) is 2.78. The van der Waals surface area contributed by atoms with Crippen LogP contribution in [0.4, 0.5) is 0 Å². The summed E-state index contributed by atoms with van der Waals surface area (Å²) in [7, 11) is 0. The molecule has 0 fully saturated rings. The Balaban J connectivity index is 2.01. The lowest BCUT2D eigenvalue weighted by Gasteiger charge is -2.09. The maximum atomic E-state index is 11.2. The quantitative estimate of drug-likeness (QED) is 0.702. The Hall–Kier alpha value is -2.67. The highest BCUT2D eigenvalue weighted by Crippen LogP contribution is 2.13. The summed E-state index contributed by atoms with van der Waals surface area (Å²) in [4.78, 5) is 19.6. The molecule has 4 heteroatoms. The molecular weight excluding hydrogens is 324 g/mol. The van der Waals surface area contributed by atoms with E-state index in [9.17, 15) is 4.79 Å². The van der Waals surface area contributed by atoms with Crippen molar-refractivity contribution in [3.05, 3.63) is 53.3 Å². The van der Waals surface area contributed by atoms with Crippen LogP contribution in [0.25, 0.3) is 0 Å². The molecule has 0 spiro atoms. The second kappa shape index (κ2) is 9.72. The number of ether oxygens (including phenoxy) is 1. The first-order valence-corrected chi connectivity index (χ1v) is 9.06. The standard InChI is InChI=1S/C22H26N2O2/c1-5-18(4)26-22-23-13-12-21(24-22)11-10-19-6-8-20(9-7-19)15-16(2)14-17(3)25/h6-9,12-13,16,18H,5,14-15H2,1-4H3. The van der Waals surface area contributed by atoms with Gasteiger partial charge in [0, 0.05) is 18.2 Å². The Kier molecular flexibility index (Phi) is 7.35. The summed E-state index contributed by atoms with van der Waals surface area (Å²) < 4.78 is 5.62. The molecule has 2 unspecified atom stereocenters. The van der Waals surface area contributed by atoms with E-state index in [2.05, 4.69) is 47.8 Å². The number of benzene rings is 1. The van der Waals surface area contributed by atoms with Crippen molar-refractivity contribution in [3.63, 3.8) is 0 Å². The molecule has 4 nitrogen and oxygen atoms in total. The predicted octanol–water partition coefficient (Wildman–Crippen LogP) is 4.21. The smallest absolute Gasteiger partial charge is 0.317 e. The summed E-state index contributed by atoms with van der Waals surface area (Å²) in [6.45, 7) is 7.78. The first kappa shape index (κ1) is 19.7. The van der Waals surface area contributed by atoms with Gasteiger partial charge in [0.05, 0.1) is 6.10 Å². The maximum Gasteiger partial charge on any atom is 0.317 e. The fraction of sp³-hybridized carbons (Fsp3) is 0.409. The largest absolute Gasteiger partial charge is 0.460 e. The van der Waals surface area contributed by atoms with Gasteiger partial charge in [-0.25, -0.2) is 4.98 Å². The van der Waals surface area contributed by atoms with Crippen molar-refractivity contribution in [1.82, 2.24) is 9.97 Å². The van der Waals surface area contributed by atoms with Gasteiger partial charge in [-0.15, -0.1) is 0 Å². The number of nitrogens with zero attached hydrogens (tertiary/aromatic N) is 2. The number of carbonyl (C=O) groups is 1. The molecule has 0 saturated carbocycles. The lowest BCUT2D eigenvalue weighted by molar-refractivity contribution is -0.117. The van der Waals surface area contributed by atoms with Gasteiger partial charge in [0.15, 0.2) is 0 Å². The van der Waals surface area contributed by atoms with Gasteiger partial charge in [0.2, 0.25) is 0 Å². The molecule has 136 valence electrons. The zero-order chi connectivity index (χ0) is 18.9. The van der Waals surface area contributed by atoms with Gasteiger partial charge in [-0.2, -0.15) is 4.98 Å². The Bertz CT molecular complexity index is 788. The Labute approximate surface area is 156 Å². The topological polar surface area (TPSA) is 52.1 Å². The average molecular weight is 350 g/mol. The second-order valence-corrected chi connectivity index (χ2v) is 6.72. The summed E-state index contributed by atoms with van der Waals surface area (Å²) in [6.07, 6.45) is 4.16. The number of rotatable bonds is 7. The third kappa shape index (κ3) is 6.68. The predicted molar refractivity (Wildman–Crippen MR) is 103 cm³/mol. The highest BCUT2D eigenvalue weighted by Gasteiger charge is 2.06. The van der Waals surface area contributed by atoms with Crippen LogP contribution in [0.3, 0.4) is 0 Å². The van der Waals surface area contributed by atoms with E-state index in [-0.39, 0.29) is 11.9 Å². The molecule has 1 heterocycles. The van der Waals surface area contributed by atoms with Crippen LogP contribution in [0.1, 0.15) is 57.4 Å². The number of hydrogen-bond acceptors (Lipinski definition) is 4. The molecule has 0 aliphatic rings. The zero-order valence-electron chi connectivity index (χ0n) is 16.0. The molecule has 0 aliphatic heterocycles. The van der Waals surface area contributed by atoms with Crippen LogP contribution >= 0.6 is 0 Å². The number of ketones is 1. The van der Waals surface area contributed by atoms with Gasteiger partial charge >= 0.3 is 6.01 Å². The lowest BCUT2D eigenvalue weighted by atomic mass is 9.96. The molecule has 0 radical (unpaired) electrons. The molecule has 0 N–H and O–H groups in total. The van der Waals surface area contributed by atoms with Crippen molar-refractivity contribution in [2.45, 2.75) is 53.1 Å². The number of aromatic nitrogens is 2. The molecule has 2 rings (SSSR count). The zero-order valence-corrected chi connectivity index (χ0v) is 16.0. The SMILES string of the molecule is CCC(C)Oc1nccc(C#Cc2ccc(CC(C)CC(C)=O)cc2)n1. The maximum absolute atomic E-state index is 11.2. The van der Waals surface area contributed by atoms with E-state index >= 15 is 0 Å². The van der Waals surface area contributed by atoms with E-state index in [4.69, 9.17) is 4.74 Å². The molecule has 1 aromatic heterocycles. The van der Waals surface area contributed by atoms with E-state index in [1.54, 1.807) is 19.2 Å². The second-order valence-electron chi connectivity index (χ2n) is 6.72. The van der Waals surface area contributed by atoms with Crippen LogP contribution < -0.4 is 4.74 Å². The monoisotopic (exact) mass is 350 g/mol. The number of hydrogen-bond donors (Lipinski definition) is 0. The van der Waals surface area contributed by atoms with Gasteiger partial charge in [-0.1, -0.05) is 31.9 Å². The molecule has 0 bridgehead atoms. The van der Waals surface area contributed by atoms with Crippen molar-refractivity contribution in [2.75, 3.05) is 0 Å². The highest BCUT2D eigenvalue weighted by atomic mass is 16.5. The van der Waals surface area contributed by atoms with E-state index in [1.807, 2.05) is 19.1 Å². The molecule has 26 heavy (non-hydrogen) atoms. The van der Waals surface area contributed by atoms with Crippen molar-refractivity contribution in [2.24, 2.45) is 5.92 Å². The minimum absolute atomic E-state index is 0.0798. The van der Waals surface area contributed by atoms with Crippen molar-refractivity contribution >= 4 is 5.78 Å². The molecule has 1 aromatic carbocycles. The van der Waals surface area contributed by atoms with Gasteiger partial charge in [-0.3, -0.25) is 0 Å². The fourth-order valence-corrected chi connectivity index (χ4v) is 2.56. The van der Waals surface area contributed by atoms with Crippen molar-refractivity contribution < 1.29 is 9.53 Å². The van der Waals surface area contributed by atoms with Crippen LogP contribution in [0.2, 0.25) is 0 Å². The highest BCUT2D eigenvalue weighted by molar-refractivity contribution is 5.75. The Morgan fingerprint density at radius 3 is 2.54 bits per heavy atom. The van der Waals surface area contributed by atoms with Gasteiger partial charge in [0.25, 0.3) is 0 Å². The Morgan fingerprint density at radius 2 is 1.88 bits per heavy atom. The first-order valence-electron chi connectivity index (χ1n) is 9.06. The van der Waals surface area contributed by atoms with E-state index in [0.29, 0.717) is 24.0 Å². The van der Waals surface area contributed by atoms with Crippen molar-refractivity contribution in [3.8, 4) is 17.9 Å². The summed E-state index contributed by atoms with van der Waals surface area (Å²) in [5, 5.41) is 0. The van der Waals surface area contributed by atoms with E-state index < -0.39 is 0 Å². The Morgan fingerprint density at radius 1 is 1.15 bits per heavy atom. The molecule has 2 aromatic rings. The van der Waals surface area contributed by atoms with Crippen LogP contribution in [0, 0.1) is 17.8 Å². The van der Waals surface area contributed by atoms with Crippen LogP contribution in [-0.2, 0) is 11.2 Å². The molecule has 2 atom stereocenters. The van der Waals surface area contributed by atoms with Crippen molar-refractivity contribution in [1.29, 1.82) is 0 Å². The number of carbonyl (C=O) groups excluding carboxylic acids is 1. The third-order valence-corrected chi connectivity index (χ3v) is 4.02. The van der Waals surface area contributed by atoms with Crippen LogP contribution in [0.5, 0.6) is 6.01 Å². The first-order chi connectivity index (χ1) is 12.5. The summed E-state index contributed by atoms with van der Waals surface area (Å²) in [5.74, 6) is 6.76. The average Bonchev–Trinajstić information content (AvgIpc) is 2.60. The van der Waals surface area contributed by atoms with Gasteiger partial charge < -0.3 is 9.53 Å². The number of Topliss-reactive ketones (excluding diaryl/α,β-unsaturated/α-hetero) is 1. The normalized spacial score (nSPS) is 12.6. The summed E-state index contributed by atoms with van der Waals surface area (Å²) >= 11 is 0. The van der Waals surface area contributed by atoms with Crippen LogP contribution in [-0.4, -0.2) is 21.9 Å². The fourth-order valence-electron chi connectivity index (χ4n) is 2.56. The molecular formula is C22H26N2O2. The molecule has 0 aliphatic carbocycles. The van der Waals surface area contributed by atoms with Crippen LogP contribution in [0.15, 0.2) is 36.5 Å². The third-order valence-electron chi connectivity index (χ3n) is 4.02. The molecule has 0 saturated heterocycles. The van der Waals surface area contributed by atoms with Gasteiger partial charge in [-0.05, 0) is 62.3 Å². The summed E-state index contributed by atoms with van der Waals surface area (Å²) in [6, 6.07) is 10.3. The van der Waals surface area contributed by atoms with Gasteiger partial charge in [0.1, 0.15) is 11.5 Å². The molecule has 0 amide bonds. The minimum Gasteiger partial charge on any atom is -0.460 e.